The van der Waals surface area contributed by atoms with Gasteiger partial charge in [-0.25, -0.2) is 8.42 Å². The lowest BCUT2D eigenvalue weighted by molar-refractivity contribution is -0.114. The maximum Gasteiger partial charge on any atom is 0.264 e. The number of hydrogen-bond donors (Lipinski definition) is 1. The Bertz CT molecular complexity index is 1200. The van der Waals surface area contributed by atoms with Crippen LogP contribution in [0.15, 0.2) is 71.6 Å². The molecule has 0 spiro atoms. The van der Waals surface area contributed by atoms with Gasteiger partial charge in [0.05, 0.1) is 17.7 Å². The normalized spacial score (nSPS) is 11.2. The van der Waals surface area contributed by atoms with Crippen molar-refractivity contribution in [3.8, 4) is 5.75 Å². The Balaban J connectivity index is 1.98. The molecule has 0 saturated heterocycles. The lowest BCUT2D eigenvalue weighted by Crippen LogP contribution is -2.38. The molecule has 1 amide bonds. The maximum absolute atomic E-state index is 13.6. The lowest BCUT2D eigenvalue weighted by Gasteiger charge is -2.25. The summed E-state index contributed by atoms with van der Waals surface area (Å²) in [6.07, 6.45) is 1.52. The maximum atomic E-state index is 13.6. The fourth-order valence-corrected chi connectivity index (χ4v) is 5.27. The van der Waals surface area contributed by atoms with Crippen LogP contribution < -0.4 is 14.4 Å². The SMILES string of the molecule is CCc1cccc(CC)c1NC(=O)CN(c1ccccc1)S(=O)(=O)c1ccc(OC)c(C)c1. The van der Waals surface area contributed by atoms with Crippen LogP contribution in [-0.4, -0.2) is 28.0 Å². The number of aryl methyl sites for hydroxylation is 3. The topological polar surface area (TPSA) is 75.7 Å². The number of nitrogens with one attached hydrogen (secondary N) is 1. The van der Waals surface area contributed by atoms with Crippen LogP contribution in [0.25, 0.3) is 0 Å². The summed E-state index contributed by atoms with van der Waals surface area (Å²) >= 11 is 0. The third-order valence-electron chi connectivity index (χ3n) is 5.55. The minimum Gasteiger partial charge on any atom is -0.496 e. The highest BCUT2D eigenvalue weighted by atomic mass is 32.2. The number of benzene rings is 3. The molecule has 0 saturated carbocycles. The first kappa shape index (κ1) is 24.3. The zero-order valence-electron chi connectivity index (χ0n) is 19.5. The van der Waals surface area contributed by atoms with E-state index in [-0.39, 0.29) is 11.4 Å². The average Bonchev–Trinajstić information content (AvgIpc) is 2.83. The van der Waals surface area contributed by atoms with Crippen LogP contribution in [-0.2, 0) is 27.7 Å². The van der Waals surface area contributed by atoms with Crippen LogP contribution in [0.4, 0.5) is 11.4 Å². The highest BCUT2D eigenvalue weighted by Gasteiger charge is 2.28. The van der Waals surface area contributed by atoms with Crippen molar-refractivity contribution in [2.75, 3.05) is 23.3 Å². The van der Waals surface area contributed by atoms with Crippen LogP contribution in [0.3, 0.4) is 0 Å². The highest BCUT2D eigenvalue weighted by molar-refractivity contribution is 7.92. The van der Waals surface area contributed by atoms with E-state index in [1.807, 2.05) is 32.0 Å². The molecule has 0 atom stereocenters. The van der Waals surface area contributed by atoms with Crippen molar-refractivity contribution >= 4 is 27.3 Å². The van der Waals surface area contributed by atoms with E-state index in [1.165, 1.54) is 13.2 Å². The molecule has 3 rings (SSSR count). The number of nitrogens with zero attached hydrogens (tertiary/aromatic N) is 1. The average molecular weight is 467 g/mol. The molecule has 0 fully saturated rings. The number of ether oxygens (including phenoxy) is 1. The van der Waals surface area contributed by atoms with E-state index >= 15 is 0 Å². The van der Waals surface area contributed by atoms with Gasteiger partial charge in [0, 0.05) is 5.69 Å². The fraction of sp³-hybridized carbons (Fsp3) is 0.269. The first-order chi connectivity index (χ1) is 15.8. The van der Waals surface area contributed by atoms with Crippen LogP contribution in [0.5, 0.6) is 5.75 Å². The Labute approximate surface area is 196 Å². The first-order valence-electron chi connectivity index (χ1n) is 10.9. The zero-order valence-corrected chi connectivity index (χ0v) is 20.3. The lowest BCUT2D eigenvalue weighted by atomic mass is 10.0. The summed E-state index contributed by atoms with van der Waals surface area (Å²) in [5, 5.41) is 2.97. The van der Waals surface area contributed by atoms with Crippen LogP contribution >= 0.6 is 0 Å². The Kier molecular flexibility index (Phi) is 7.76. The van der Waals surface area contributed by atoms with Gasteiger partial charge in [-0.05, 0) is 66.8 Å². The summed E-state index contributed by atoms with van der Waals surface area (Å²) in [4.78, 5) is 13.2. The molecule has 33 heavy (non-hydrogen) atoms. The quantitative estimate of drug-likeness (QED) is 0.483. The van der Waals surface area contributed by atoms with Crippen LogP contribution in [0.1, 0.15) is 30.5 Å². The predicted octanol–water partition coefficient (Wildman–Crippen LogP) is 4.96. The summed E-state index contributed by atoms with van der Waals surface area (Å²) in [5.74, 6) is 0.199. The number of carbonyl (C=O) groups excluding carboxylic acids is 1. The Hall–Kier alpha value is -3.32. The van der Waals surface area contributed by atoms with Gasteiger partial charge in [0.1, 0.15) is 12.3 Å². The third kappa shape index (κ3) is 5.37. The Morgan fingerprint density at radius 2 is 1.58 bits per heavy atom. The molecule has 0 aliphatic heterocycles. The minimum atomic E-state index is -4.00. The summed E-state index contributed by atoms with van der Waals surface area (Å²) in [6, 6.07) is 19.2. The van der Waals surface area contributed by atoms with Gasteiger partial charge in [-0.3, -0.25) is 9.10 Å². The van der Waals surface area contributed by atoms with E-state index in [0.717, 1.165) is 34.0 Å². The minimum absolute atomic E-state index is 0.0978. The summed E-state index contributed by atoms with van der Waals surface area (Å²) in [5.41, 5.74) is 3.91. The van der Waals surface area contributed by atoms with Crippen LogP contribution in [0, 0.1) is 6.92 Å². The van der Waals surface area contributed by atoms with Gasteiger partial charge in [0.25, 0.3) is 10.0 Å². The number of sulfonamides is 1. The van der Waals surface area contributed by atoms with E-state index in [1.54, 1.807) is 49.4 Å². The molecule has 1 N–H and O–H groups in total. The highest BCUT2D eigenvalue weighted by Crippen LogP contribution is 2.28. The molecule has 6 nitrogen and oxygen atoms in total. The Morgan fingerprint density at radius 3 is 2.12 bits per heavy atom. The standard InChI is InChI=1S/C26H30N2O4S/c1-5-20-11-10-12-21(6-2)26(20)27-25(29)18-28(22-13-8-7-9-14-22)33(30,31)23-15-16-24(32-4)19(3)17-23/h7-17H,5-6,18H2,1-4H3,(H,27,29). The monoisotopic (exact) mass is 466 g/mol. The molecule has 0 aliphatic carbocycles. The van der Waals surface area contributed by atoms with Gasteiger partial charge < -0.3 is 10.1 Å². The molecule has 0 aliphatic rings. The molecule has 7 heteroatoms. The third-order valence-corrected chi connectivity index (χ3v) is 7.32. The Morgan fingerprint density at radius 1 is 0.939 bits per heavy atom. The van der Waals surface area contributed by atoms with Crippen molar-refractivity contribution in [3.63, 3.8) is 0 Å². The van der Waals surface area contributed by atoms with Gasteiger partial charge in [-0.1, -0.05) is 50.2 Å². The second kappa shape index (κ2) is 10.5. The molecule has 0 radical (unpaired) electrons. The van der Waals surface area contributed by atoms with Gasteiger partial charge in [0.15, 0.2) is 0 Å². The number of para-hydroxylation sites is 2. The van der Waals surface area contributed by atoms with Gasteiger partial charge in [0.2, 0.25) is 5.91 Å². The van der Waals surface area contributed by atoms with E-state index in [9.17, 15) is 13.2 Å². The second-order valence-electron chi connectivity index (χ2n) is 7.69. The van der Waals surface area contributed by atoms with Crippen molar-refractivity contribution in [1.82, 2.24) is 0 Å². The fourth-order valence-electron chi connectivity index (χ4n) is 3.76. The molecule has 0 aromatic heterocycles. The molecule has 0 bridgehead atoms. The molecule has 3 aromatic rings. The number of carbonyl (C=O) groups is 1. The van der Waals surface area contributed by atoms with Crippen molar-refractivity contribution in [3.05, 3.63) is 83.4 Å². The molecule has 0 unspecified atom stereocenters. The smallest absolute Gasteiger partial charge is 0.264 e. The molecule has 3 aromatic carbocycles. The molecular weight excluding hydrogens is 436 g/mol. The number of rotatable bonds is 9. The first-order valence-corrected chi connectivity index (χ1v) is 12.4. The van der Waals surface area contributed by atoms with Crippen molar-refractivity contribution in [2.45, 2.75) is 38.5 Å². The van der Waals surface area contributed by atoms with E-state index in [2.05, 4.69) is 5.32 Å². The molecule has 174 valence electrons. The van der Waals surface area contributed by atoms with E-state index in [0.29, 0.717) is 17.0 Å². The number of methoxy groups -OCH3 is 1. The molecule has 0 heterocycles. The van der Waals surface area contributed by atoms with Crippen molar-refractivity contribution in [2.24, 2.45) is 0 Å². The molecular formula is C26H30N2O4S. The van der Waals surface area contributed by atoms with E-state index < -0.39 is 15.9 Å². The number of anilines is 2. The largest absolute Gasteiger partial charge is 0.496 e. The summed E-state index contributed by atoms with van der Waals surface area (Å²) in [7, 11) is -2.47. The predicted molar refractivity (Wildman–Crippen MR) is 133 cm³/mol. The zero-order chi connectivity index (χ0) is 24.0. The van der Waals surface area contributed by atoms with Crippen LogP contribution in [0.2, 0.25) is 0 Å². The second-order valence-corrected chi connectivity index (χ2v) is 9.55. The number of hydrogen-bond acceptors (Lipinski definition) is 4. The van der Waals surface area contributed by atoms with E-state index in [4.69, 9.17) is 4.74 Å². The summed E-state index contributed by atoms with van der Waals surface area (Å²) < 4.78 is 33.7. The number of amides is 1. The van der Waals surface area contributed by atoms with Gasteiger partial charge in [-0.15, -0.1) is 0 Å². The summed E-state index contributed by atoms with van der Waals surface area (Å²) in [6.45, 7) is 5.48. The van der Waals surface area contributed by atoms with Crippen molar-refractivity contribution in [1.29, 1.82) is 0 Å². The van der Waals surface area contributed by atoms with Gasteiger partial charge >= 0.3 is 0 Å². The van der Waals surface area contributed by atoms with Crippen molar-refractivity contribution < 1.29 is 17.9 Å². The van der Waals surface area contributed by atoms with Gasteiger partial charge in [-0.2, -0.15) is 0 Å².